The van der Waals surface area contributed by atoms with E-state index in [4.69, 9.17) is 0 Å². The number of aliphatic hydroxyl groups excluding tert-OH is 1. The summed E-state index contributed by atoms with van der Waals surface area (Å²) in [6.45, 7) is 1.11. The Hall–Kier alpha value is -1.83. The Kier molecular flexibility index (Phi) is 4.90. The topological polar surface area (TPSA) is 102 Å². The number of rotatable bonds is 2. The summed E-state index contributed by atoms with van der Waals surface area (Å²) < 4.78 is 0. The van der Waals surface area contributed by atoms with Crippen molar-refractivity contribution in [3.8, 4) is 0 Å². The Bertz CT molecular complexity index is 468. The van der Waals surface area contributed by atoms with Crippen molar-refractivity contribution in [2.24, 2.45) is 5.41 Å². The molecule has 4 amide bonds. The smallest absolute Gasteiger partial charge is 0.317 e. The van der Waals surface area contributed by atoms with Crippen molar-refractivity contribution in [2.45, 2.75) is 25.4 Å². The standard InChI is InChI=1S/C14H24N4O4/c1-17(2)13(22)16-8-11(20)18-7-4-10(19)14(9-18)5-3-6-15-12(14)21/h10,19H,3-9H2,1-2H3,(H,15,21)(H,16,22)/t10-,14-/m1/s1. The fourth-order valence-corrected chi connectivity index (χ4v) is 3.08. The van der Waals surface area contributed by atoms with Gasteiger partial charge in [-0.3, -0.25) is 9.59 Å². The number of aliphatic hydroxyl groups is 1. The summed E-state index contributed by atoms with van der Waals surface area (Å²) in [7, 11) is 3.19. The second kappa shape index (κ2) is 6.51. The summed E-state index contributed by atoms with van der Waals surface area (Å²) in [5.74, 6) is -0.416. The zero-order chi connectivity index (χ0) is 16.3. The van der Waals surface area contributed by atoms with Crippen LogP contribution in [0.3, 0.4) is 0 Å². The minimum absolute atomic E-state index is 0.106. The molecule has 2 aliphatic heterocycles. The molecule has 8 nitrogen and oxygen atoms in total. The maximum Gasteiger partial charge on any atom is 0.317 e. The zero-order valence-corrected chi connectivity index (χ0v) is 13.1. The first-order chi connectivity index (χ1) is 10.4. The van der Waals surface area contributed by atoms with E-state index in [1.165, 1.54) is 4.90 Å². The van der Waals surface area contributed by atoms with Crippen LogP contribution in [-0.4, -0.2) is 79.1 Å². The van der Waals surface area contributed by atoms with E-state index in [9.17, 15) is 19.5 Å². The predicted octanol–water partition coefficient (Wildman–Crippen LogP) is -1.25. The molecule has 2 rings (SSSR count). The lowest BCUT2D eigenvalue weighted by Gasteiger charge is -2.46. The Balaban J connectivity index is 1.99. The van der Waals surface area contributed by atoms with Gasteiger partial charge in [0.1, 0.15) is 0 Å². The van der Waals surface area contributed by atoms with Crippen molar-refractivity contribution in [3.05, 3.63) is 0 Å². The largest absolute Gasteiger partial charge is 0.392 e. The molecular weight excluding hydrogens is 288 g/mol. The highest BCUT2D eigenvalue weighted by atomic mass is 16.3. The van der Waals surface area contributed by atoms with Gasteiger partial charge >= 0.3 is 6.03 Å². The first kappa shape index (κ1) is 16.5. The van der Waals surface area contributed by atoms with Gasteiger partial charge in [0, 0.05) is 33.7 Å². The minimum Gasteiger partial charge on any atom is -0.392 e. The zero-order valence-electron chi connectivity index (χ0n) is 13.1. The molecule has 0 saturated carbocycles. The summed E-state index contributed by atoms with van der Waals surface area (Å²) in [6.07, 6.45) is 1.02. The Morgan fingerprint density at radius 3 is 2.86 bits per heavy atom. The number of piperidine rings is 2. The van der Waals surface area contributed by atoms with E-state index in [-0.39, 0.29) is 30.9 Å². The molecule has 22 heavy (non-hydrogen) atoms. The molecule has 3 N–H and O–H groups in total. The molecule has 0 aromatic heterocycles. The first-order valence-corrected chi connectivity index (χ1v) is 7.56. The first-order valence-electron chi connectivity index (χ1n) is 7.56. The van der Waals surface area contributed by atoms with E-state index >= 15 is 0 Å². The number of hydrogen-bond acceptors (Lipinski definition) is 4. The Morgan fingerprint density at radius 1 is 1.50 bits per heavy atom. The third-order valence-corrected chi connectivity index (χ3v) is 4.47. The third kappa shape index (κ3) is 3.16. The number of urea groups is 1. The summed E-state index contributed by atoms with van der Waals surface area (Å²) in [6, 6.07) is -0.337. The summed E-state index contributed by atoms with van der Waals surface area (Å²) in [4.78, 5) is 38.8. The van der Waals surface area contributed by atoms with Gasteiger partial charge in [-0.05, 0) is 19.3 Å². The molecular formula is C14H24N4O4. The van der Waals surface area contributed by atoms with Crippen molar-refractivity contribution >= 4 is 17.8 Å². The maximum absolute atomic E-state index is 12.2. The highest BCUT2D eigenvalue weighted by Gasteiger charge is 2.50. The van der Waals surface area contributed by atoms with Crippen LogP contribution in [0.5, 0.6) is 0 Å². The number of carbonyl (C=O) groups is 3. The van der Waals surface area contributed by atoms with E-state index in [0.717, 1.165) is 6.42 Å². The number of carbonyl (C=O) groups excluding carboxylic acids is 3. The van der Waals surface area contributed by atoms with Gasteiger partial charge in [-0.25, -0.2) is 4.79 Å². The van der Waals surface area contributed by atoms with E-state index in [2.05, 4.69) is 10.6 Å². The lowest BCUT2D eigenvalue weighted by molar-refractivity contribution is -0.154. The highest BCUT2D eigenvalue weighted by Crippen LogP contribution is 2.37. The van der Waals surface area contributed by atoms with E-state index in [1.807, 2.05) is 0 Å². The van der Waals surface area contributed by atoms with Gasteiger partial charge in [-0.2, -0.15) is 0 Å². The third-order valence-electron chi connectivity index (χ3n) is 4.47. The van der Waals surface area contributed by atoms with Gasteiger partial charge in [0.25, 0.3) is 0 Å². The highest BCUT2D eigenvalue weighted by molar-refractivity contribution is 5.87. The van der Waals surface area contributed by atoms with Crippen LogP contribution in [0, 0.1) is 5.41 Å². The molecule has 0 bridgehead atoms. The quantitative estimate of drug-likeness (QED) is 0.593. The molecule has 2 saturated heterocycles. The van der Waals surface area contributed by atoms with Crippen LogP contribution in [0.15, 0.2) is 0 Å². The van der Waals surface area contributed by atoms with Crippen LogP contribution in [0.1, 0.15) is 19.3 Å². The van der Waals surface area contributed by atoms with Gasteiger partial charge in [0.2, 0.25) is 11.8 Å². The maximum atomic E-state index is 12.2. The van der Waals surface area contributed by atoms with Crippen molar-refractivity contribution in [1.29, 1.82) is 0 Å². The Labute approximate surface area is 129 Å². The van der Waals surface area contributed by atoms with Gasteiger partial charge in [-0.15, -0.1) is 0 Å². The molecule has 2 heterocycles. The van der Waals surface area contributed by atoms with Crippen LogP contribution in [0.25, 0.3) is 0 Å². The van der Waals surface area contributed by atoms with Crippen LogP contribution in [0.2, 0.25) is 0 Å². The second-order valence-electron chi connectivity index (χ2n) is 6.19. The van der Waals surface area contributed by atoms with E-state index in [0.29, 0.717) is 25.9 Å². The molecule has 0 unspecified atom stereocenters. The van der Waals surface area contributed by atoms with Crippen LogP contribution >= 0.6 is 0 Å². The van der Waals surface area contributed by atoms with Crippen molar-refractivity contribution in [2.75, 3.05) is 40.3 Å². The van der Waals surface area contributed by atoms with E-state index in [1.54, 1.807) is 19.0 Å². The molecule has 124 valence electrons. The monoisotopic (exact) mass is 312 g/mol. The normalized spacial score (nSPS) is 28.2. The average molecular weight is 312 g/mol. The molecule has 1 spiro atoms. The van der Waals surface area contributed by atoms with Gasteiger partial charge in [-0.1, -0.05) is 0 Å². The van der Waals surface area contributed by atoms with Crippen molar-refractivity contribution in [3.63, 3.8) is 0 Å². The number of nitrogens with one attached hydrogen (secondary N) is 2. The van der Waals surface area contributed by atoms with Gasteiger partial charge in [0.05, 0.1) is 18.1 Å². The number of hydrogen-bond donors (Lipinski definition) is 3. The summed E-state index contributed by atoms with van der Waals surface area (Å²) in [5, 5.41) is 15.6. The van der Waals surface area contributed by atoms with Crippen molar-refractivity contribution < 1.29 is 19.5 Å². The number of nitrogens with zero attached hydrogens (tertiary/aromatic N) is 2. The van der Waals surface area contributed by atoms with Crippen molar-refractivity contribution in [1.82, 2.24) is 20.4 Å². The van der Waals surface area contributed by atoms with Gasteiger partial charge < -0.3 is 25.5 Å². The number of amides is 4. The molecule has 2 aliphatic rings. The molecule has 0 aromatic rings. The van der Waals surface area contributed by atoms with Gasteiger partial charge in [0.15, 0.2) is 0 Å². The lowest BCUT2D eigenvalue weighted by atomic mass is 9.71. The molecule has 0 aromatic carbocycles. The molecule has 0 radical (unpaired) electrons. The predicted molar refractivity (Wildman–Crippen MR) is 79.0 cm³/mol. The average Bonchev–Trinajstić information content (AvgIpc) is 2.49. The molecule has 2 atom stereocenters. The SMILES string of the molecule is CN(C)C(=O)NCC(=O)N1CC[C@@H](O)[C@@]2(CCCNC2=O)C1. The van der Waals surface area contributed by atoms with E-state index < -0.39 is 11.5 Å². The van der Waals surface area contributed by atoms with Crippen LogP contribution < -0.4 is 10.6 Å². The molecule has 2 fully saturated rings. The lowest BCUT2D eigenvalue weighted by Crippen LogP contribution is -2.62. The summed E-state index contributed by atoms with van der Waals surface area (Å²) >= 11 is 0. The fraction of sp³-hybridized carbons (Fsp3) is 0.786. The van der Waals surface area contributed by atoms with Crippen LogP contribution in [-0.2, 0) is 9.59 Å². The molecule has 0 aliphatic carbocycles. The molecule has 8 heteroatoms. The van der Waals surface area contributed by atoms with Crippen LogP contribution in [0.4, 0.5) is 4.79 Å². The summed E-state index contributed by atoms with van der Waals surface area (Å²) in [5.41, 5.74) is -0.905. The Morgan fingerprint density at radius 2 is 2.23 bits per heavy atom. The fourth-order valence-electron chi connectivity index (χ4n) is 3.08. The number of likely N-dealkylation sites (tertiary alicyclic amines) is 1. The minimum atomic E-state index is -0.905. The second-order valence-corrected chi connectivity index (χ2v) is 6.19.